The molecular weight excluding hydrogens is 400 g/mol. The Kier molecular flexibility index (Phi) is 8.22. The van der Waals surface area contributed by atoms with Gasteiger partial charge in [0.05, 0.1) is 20.0 Å². The molecule has 28 heavy (non-hydrogen) atoms. The quantitative estimate of drug-likeness (QED) is 0.524. The Morgan fingerprint density at radius 1 is 1.11 bits per heavy atom. The second-order valence-corrected chi connectivity index (χ2v) is 7.03. The van der Waals surface area contributed by atoms with E-state index in [0.717, 1.165) is 4.90 Å². The number of thioether (sulfide) groups is 1. The third-order valence-corrected chi connectivity index (χ3v) is 4.88. The number of nitrogens with one attached hydrogen (secondary N) is 2. The first kappa shape index (κ1) is 21.7. The van der Waals surface area contributed by atoms with Crippen molar-refractivity contribution in [2.24, 2.45) is 0 Å². The van der Waals surface area contributed by atoms with Crippen LogP contribution in [-0.2, 0) is 4.79 Å². The van der Waals surface area contributed by atoms with E-state index in [2.05, 4.69) is 10.9 Å². The van der Waals surface area contributed by atoms with E-state index >= 15 is 0 Å². The Labute approximate surface area is 173 Å². The van der Waals surface area contributed by atoms with Crippen molar-refractivity contribution in [3.8, 4) is 11.5 Å². The van der Waals surface area contributed by atoms with Gasteiger partial charge in [0.15, 0.2) is 11.5 Å². The zero-order valence-electron chi connectivity index (χ0n) is 15.7. The minimum Gasteiger partial charge on any atom is -0.493 e. The molecule has 2 N–H and O–H groups in total. The average molecular weight is 421 g/mol. The van der Waals surface area contributed by atoms with Crippen molar-refractivity contribution in [3.63, 3.8) is 0 Å². The smallest absolute Gasteiger partial charge is 0.269 e. The van der Waals surface area contributed by atoms with Gasteiger partial charge < -0.3 is 9.47 Å². The molecular formula is C20H21ClN2O4S. The summed E-state index contributed by atoms with van der Waals surface area (Å²) in [4.78, 5) is 25.3. The summed E-state index contributed by atoms with van der Waals surface area (Å²) >= 11 is 7.17. The average Bonchev–Trinajstić information content (AvgIpc) is 2.71. The van der Waals surface area contributed by atoms with Crippen LogP contribution < -0.4 is 20.3 Å². The number of hydrogen-bond donors (Lipinski definition) is 2. The fourth-order valence-corrected chi connectivity index (χ4v) is 3.17. The number of ether oxygens (including phenoxy) is 2. The molecule has 2 rings (SSSR count). The lowest BCUT2D eigenvalue weighted by atomic mass is 10.1. The van der Waals surface area contributed by atoms with Crippen LogP contribution in [0.4, 0.5) is 0 Å². The maximum absolute atomic E-state index is 12.4. The van der Waals surface area contributed by atoms with Crippen LogP contribution in [0.5, 0.6) is 11.5 Å². The number of halogens is 1. The summed E-state index contributed by atoms with van der Waals surface area (Å²) in [5, 5.41) is 0.633. The molecule has 2 aromatic carbocycles. The van der Waals surface area contributed by atoms with E-state index < -0.39 is 5.91 Å². The van der Waals surface area contributed by atoms with Gasteiger partial charge in [-0.3, -0.25) is 20.4 Å². The molecule has 0 atom stereocenters. The van der Waals surface area contributed by atoms with Crippen LogP contribution in [0.2, 0.25) is 5.02 Å². The molecule has 0 fully saturated rings. The first-order valence-corrected chi connectivity index (χ1v) is 9.71. The minimum absolute atomic E-state index is 0.150. The SMILES string of the molecule is CC=Cc1cc(C(=O)NNC(=O)CSc2ccc(Cl)cc2)cc(OC)c1OC. The van der Waals surface area contributed by atoms with Crippen LogP contribution in [-0.4, -0.2) is 31.8 Å². The number of rotatable bonds is 7. The molecule has 0 unspecified atom stereocenters. The van der Waals surface area contributed by atoms with Gasteiger partial charge in [-0.1, -0.05) is 23.8 Å². The predicted molar refractivity (Wildman–Crippen MR) is 112 cm³/mol. The number of carbonyl (C=O) groups is 2. The molecule has 0 radical (unpaired) electrons. The molecule has 0 aliphatic heterocycles. The zero-order valence-corrected chi connectivity index (χ0v) is 17.3. The second kappa shape index (κ2) is 10.6. The van der Waals surface area contributed by atoms with E-state index in [4.69, 9.17) is 21.1 Å². The topological polar surface area (TPSA) is 76.7 Å². The Morgan fingerprint density at radius 3 is 2.43 bits per heavy atom. The van der Waals surface area contributed by atoms with Gasteiger partial charge in [-0.25, -0.2) is 0 Å². The molecule has 0 spiro atoms. The van der Waals surface area contributed by atoms with Gasteiger partial charge in [0.2, 0.25) is 5.91 Å². The van der Waals surface area contributed by atoms with Crippen molar-refractivity contribution in [3.05, 3.63) is 58.6 Å². The second-order valence-electron chi connectivity index (χ2n) is 5.55. The van der Waals surface area contributed by atoms with Crippen molar-refractivity contribution in [2.75, 3.05) is 20.0 Å². The number of carbonyl (C=O) groups excluding carboxylic acids is 2. The van der Waals surface area contributed by atoms with E-state index in [9.17, 15) is 9.59 Å². The number of allylic oxidation sites excluding steroid dienone is 1. The third kappa shape index (κ3) is 5.94. The summed E-state index contributed by atoms with van der Waals surface area (Å²) < 4.78 is 10.6. The molecule has 0 aliphatic carbocycles. The molecule has 148 valence electrons. The largest absolute Gasteiger partial charge is 0.493 e. The highest BCUT2D eigenvalue weighted by Gasteiger charge is 2.15. The number of methoxy groups -OCH3 is 2. The van der Waals surface area contributed by atoms with Crippen LogP contribution in [0, 0.1) is 0 Å². The summed E-state index contributed by atoms with van der Waals surface area (Å²) in [6.45, 7) is 1.86. The van der Waals surface area contributed by atoms with Gasteiger partial charge in [0.25, 0.3) is 5.91 Å². The molecule has 2 amide bonds. The summed E-state index contributed by atoms with van der Waals surface area (Å²) in [6, 6.07) is 10.4. The standard InChI is InChI=1S/C20H21ClN2O4S/c1-4-5-13-10-14(11-17(26-2)19(13)27-3)20(25)23-22-18(24)12-28-16-8-6-15(21)7-9-16/h4-11H,12H2,1-3H3,(H,22,24)(H,23,25). The van der Waals surface area contributed by atoms with Gasteiger partial charge in [-0.15, -0.1) is 11.8 Å². The lowest BCUT2D eigenvalue weighted by molar-refractivity contribution is -0.119. The highest BCUT2D eigenvalue weighted by Crippen LogP contribution is 2.33. The number of amides is 2. The molecule has 0 aromatic heterocycles. The predicted octanol–water partition coefficient (Wildman–Crippen LogP) is 3.94. The van der Waals surface area contributed by atoms with Crippen molar-refractivity contribution in [2.45, 2.75) is 11.8 Å². The Morgan fingerprint density at radius 2 is 1.82 bits per heavy atom. The Hall–Kier alpha value is -2.64. The molecule has 0 bridgehead atoms. The zero-order chi connectivity index (χ0) is 20.5. The summed E-state index contributed by atoms with van der Waals surface area (Å²) in [7, 11) is 3.03. The van der Waals surface area contributed by atoms with Crippen molar-refractivity contribution >= 4 is 41.3 Å². The van der Waals surface area contributed by atoms with Crippen LogP contribution in [0.15, 0.2) is 47.4 Å². The number of hydrazine groups is 1. The maximum atomic E-state index is 12.4. The van der Waals surface area contributed by atoms with Gasteiger partial charge in [0, 0.05) is 21.0 Å². The summed E-state index contributed by atoms with van der Waals surface area (Å²) in [5.41, 5.74) is 5.84. The van der Waals surface area contributed by atoms with Crippen LogP contribution >= 0.6 is 23.4 Å². The molecule has 8 heteroatoms. The van der Waals surface area contributed by atoms with Crippen molar-refractivity contribution in [1.29, 1.82) is 0 Å². The van der Waals surface area contributed by atoms with E-state index in [1.165, 1.54) is 26.0 Å². The Bertz CT molecular complexity index is 869. The molecule has 0 saturated heterocycles. The fourth-order valence-electron chi connectivity index (χ4n) is 2.34. The van der Waals surface area contributed by atoms with Crippen LogP contribution in [0.1, 0.15) is 22.8 Å². The third-order valence-electron chi connectivity index (χ3n) is 3.62. The first-order valence-electron chi connectivity index (χ1n) is 8.34. The van der Waals surface area contributed by atoms with E-state index in [1.54, 1.807) is 30.3 Å². The van der Waals surface area contributed by atoms with Crippen molar-refractivity contribution in [1.82, 2.24) is 10.9 Å². The van der Waals surface area contributed by atoms with Gasteiger partial charge >= 0.3 is 0 Å². The summed E-state index contributed by atoms with van der Waals surface area (Å²) in [5.74, 6) is 0.310. The lowest BCUT2D eigenvalue weighted by Crippen LogP contribution is -2.42. The van der Waals surface area contributed by atoms with E-state index in [-0.39, 0.29) is 11.7 Å². The molecule has 6 nitrogen and oxygen atoms in total. The lowest BCUT2D eigenvalue weighted by Gasteiger charge is -2.13. The van der Waals surface area contributed by atoms with E-state index in [1.807, 2.05) is 25.1 Å². The number of hydrogen-bond acceptors (Lipinski definition) is 5. The molecule has 0 heterocycles. The Balaban J connectivity index is 1.99. The van der Waals surface area contributed by atoms with Crippen LogP contribution in [0.3, 0.4) is 0 Å². The fraction of sp³-hybridized carbons (Fsp3) is 0.200. The van der Waals surface area contributed by atoms with E-state index in [0.29, 0.717) is 27.6 Å². The number of benzene rings is 2. The molecule has 2 aromatic rings. The molecule has 0 aliphatic rings. The highest BCUT2D eigenvalue weighted by atomic mass is 35.5. The molecule has 0 saturated carbocycles. The monoisotopic (exact) mass is 420 g/mol. The van der Waals surface area contributed by atoms with Gasteiger partial charge in [0.1, 0.15) is 0 Å². The first-order chi connectivity index (χ1) is 13.5. The van der Waals surface area contributed by atoms with Crippen molar-refractivity contribution < 1.29 is 19.1 Å². The normalized spacial score (nSPS) is 10.6. The van der Waals surface area contributed by atoms with Gasteiger partial charge in [-0.05, 0) is 43.3 Å². The van der Waals surface area contributed by atoms with Gasteiger partial charge in [-0.2, -0.15) is 0 Å². The van der Waals surface area contributed by atoms with Crippen LogP contribution in [0.25, 0.3) is 6.08 Å². The minimum atomic E-state index is -0.462. The highest BCUT2D eigenvalue weighted by molar-refractivity contribution is 8.00. The maximum Gasteiger partial charge on any atom is 0.269 e. The summed E-state index contributed by atoms with van der Waals surface area (Å²) in [6.07, 6.45) is 3.63.